The van der Waals surface area contributed by atoms with Crippen LogP contribution in [0.15, 0.2) is 60.7 Å². The topological polar surface area (TPSA) is 9.23 Å². The Bertz CT molecular complexity index is 735. The number of alkyl halides is 10. The number of ether oxygens (including phenoxy) is 1. The molecule has 29 heavy (non-hydrogen) atoms. The van der Waals surface area contributed by atoms with Gasteiger partial charge in [0.15, 0.2) is 6.84 Å². The molecule has 160 valence electrons. The lowest BCUT2D eigenvalue weighted by atomic mass is 10.1. The Morgan fingerprint density at radius 2 is 0.828 bits per heavy atom. The highest BCUT2D eigenvalue weighted by molar-refractivity contribution is 9.27. The van der Waals surface area contributed by atoms with Crippen LogP contribution in [0.3, 0.4) is 0 Å². The lowest BCUT2D eigenvalue weighted by Gasteiger charge is -2.42. The zero-order chi connectivity index (χ0) is 22.1. The monoisotopic (exact) mass is 945 g/mol. The average molecular weight is 954 g/mol. The van der Waals surface area contributed by atoms with Crippen molar-refractivity contribution in [1.82, 2.24) is 0 Å². The van der Waals surface area contributed by atoms with Crippen molar-refractivity contribution in [2.75, 3.05) is 0 Å². The molecule has 0 saturated heterocycles. The first-order valence-corrected chi connectivity index (χ1v) is 15.0. The first-order chi connectivity index (χ1) is 13.2. The molecule has 0 heterocycles. The zero-order valence-electron chi connectivity index (χ0n) is 14.1. The second kappa shape index (κ2) is 11.0. The largest absolute Gasteiger partial charge is 0.323 e. The standard InChI is InChI=1S/C18H12Br8Cl2O/c19-15(20,11-7-3-1-4-8-11)13(27)17(23,24)29-18(25,26)14(28)16(21,22)12-9-5-2-6-10-12/h1-10,13-14H. The Kier molecular flexibility index (Phi) is 10.7. The number of halogens is 10. The zero-order valence-corrected chi connectivity index (χ0v) is 28.3. The summed E-state index contributed by atoms with van der Waals surface area (Å²) in [6.07, 6.45) is 0. The van der Waals surface area contributed by atoms with Gasteiger partial charge in [0, 0.05) is 0 Å². The molecule has 0 aliphatic carbocycles. The Labute approximate surface area is 247 Å². The third-order valence-corrected chi connectivity index (χ3v) is 13.3. The first kappa shape index (κ1) is 28.1. The van der Waals surface area contributed by atoms with Gasteiger partial charge in [-0.2, -0.15) is 0 Å². The molecule has 0 amide bonds. The van der Waals surface area contributed by atoms with E-state index < -0.39 is 24.1 Å². The molecule has 0 aliphatic heterocycles. The third kappa shape index (κ3) is 6.92. The van der Waals surface area contributed by atoms with E-state index in [-0.39, 0.29) is 0 Å². The summed E-state index contributed by atoms with van der Waals surface area (Å²) >= 11 is 42.6. The van der Waals surface area contributed by atoms with Gasteiger partial charge in [-0.05, 0) is 74.8 Å². The van der Waals surface area contributed by atoms with Crippen molar-refractivity contribution >= 4 is 151 Å². The summed E-state index contributed by atoms with van der Waals surface area (Å²) in [6, 6.07) is 19.4. The van der Waals surface area contributed by atoms with Crippen LogP contribution in [0, 0.1) is 0 Å². The van der Waals surface area contributed by atoms with E-state index in [0.717, 1.165) is 11.1 Å². The van der Waals surface area contributed by atoms with E-state index in [9.17, 15) is 0 Å². The van der Waals surface area contributed by atoms with E-state index in [0.29, 0.717) is 0 Å². The van der Waals surface area contributed by atoms with Gasteiger partial charge < -0.3 is 4.74 Å². The van der Waals surface area contributed by atoms with Crippen molar-refractivity contribution in [2.24, 2.45) is 0 Å². The van der Waals surface area contributed by atoms with Crippen molar-refractivity contribution in [1.29, 1.82) is 0 Å². The molecule has 2 rings (SSSR count). The van der Waals surface area contributed by atoms with Crippen LogP contribution >= 0.6 is 151 Å². The maximum atomic E-state index is 6.82. The Morgan fingerprint density at radius 1 is 0.552 bits per heavy atom. The van der Waals surface area contributed by atoms with Gasteiger partial charge >= 0.3 is 0 Å². The molecule has 2 unspecified atom stereocenters. The maximum absolute atomic E-state index is 6.82. The van der Waals surface area contributed by atoms with Crippen LogP contribution in [-0.4, -0.2) is 17.6 Å². The van der Waals surface area contributed by atoms with Gasteiger partial charge in [-0.1, -0.05) is 124 Å². The van der Waals surface area contributed by atoms with Crippen molar-refractivity contribution in [3.63, 3.8) is 0 Å². The highest BCUT2D eigenvalue weighted by Gasteiger charge is 2.55. The molecule has 0 fully saturated rings. The molecule has 11 heteroatoms. The number of benzene rings is 2. The van der Waals surface area contributed by atoms with Gasteiger partial charge in [0.1, 0.15) is 17.2 Å². The molecular weight excluding hydrogens is 942 g/mol. The predicted molar refractivity (Wildman–Crippen MR) is 153 cm³/mol. The highest BCUT2D eigenvalue weighted by atomic mass is 79.9. The van der Waals surface area contributed by atoms with Gasteiger partial charge in [0.2, 0.25) is 0 Å². The summed E-state index contributed by atoms with van der Waals surface area (Å²) in [4.78, 5) is 0. The summed E-state index contributed by atoms with van der Waals surface area (Å²) in [7, 11) is 0. The van der Waals surface area contributed by atoms with Crippen LogP contribution in [-0.2, 0) is 11.2 Å². The van der Waals surface area contributed by atoms with Crippen LogP contribution in [0.4, 0.5) is 0 Å². The fourth-order valence-electron chi connectivity index (χ4n) is 2.32. The van der Waals surface area contributed by atoms with Crippen molar-refractivity contribution in [3.8, 4) is 0 Å². The van der Waals surface area contributed by atoms with E-state index in [1.165, 1.54) is 0 Å². The molecule has 0 N–H and O–H groups in total. The van der Waals surface area contributed by atoms with Crippen LogP contribution in [0.1, 0.15) is 11.1 Å². The first-order valence-electron chi connectivity index (χ1n) is 7.83. The number of hydrogen-bond donors (Lipinski definition) is 0. The molecular formula is C18H12Br8Cl2O. The Morgan fingerprint density at radius 3 is 1.10 bits per heavy atom. The molecule has 0 saturated carbocycles. The highest BCUT2D eigenvalue weighted by Crippen LogP contribution is 2.58. The van der Waals surface area contributed by atoms with Gasteiger partial charge in [-0.25, -0.2) is 0 Å². The van der Waals surface area contributed by atoms with Crippen molar-refractivity contribution in [3.05, 3.63) is 71.8 Å². The van der Waals surface area contributed by atoms with Gasteiger partial charge in [-0.3, -0.25) is 0 Å². The lowest BCUT2D eigenvalue weighted by Crippen LogP contribution is -2.48. The lowest BCUT2D eigenvalue weighted by molar-refractivity contribution is 0.0582. The number of hydrogen-bond acceptors (Lipinski definition) is 1. The summed E-state index contributed by atoms with van der Waals surface area (Å²) < 4.78 is 2.26. The molecule has 2 atom stereocenters. The molecule has 0 aliphatic rings. The minimum atomic E-state index is -1.20. The summed E-state index contributed by atoms with van der Waals surface area (Å²) in [5.74, 6) is 0. The Balaban J connectivity index is 2.27. The molecule has 0 bridgehead atoms. The van der Waals surface area contributed by atoms with E-state index in [1.807, 2.05) is 60.7 Å². The second-order valence-corrected chi connectivity index (χ2v) is 20.8. The Hall–Kier alpha value is 2.82. The van der Waals surface area contributed by atoms with Crippen molar-refractivity contribution in [2.45, 2.75) is 24.1 Å². The normalized spacial score (nSPS) is 15.8. The van der Waals surface area contributed by atoms with Gasteiger partial charge in [0.05, 0.1) is 0 Å². The molecule has 0 aromatic heterocycles. The summed E-state index contributed by atoms with van der Waals surface area (Å²) in [5.41, 5.74) is 1.84. The average Bonchev–Trinajstić information content (AvgIpc) is 2.67. The molecule has 1 nitrogen and oxygen atoms in total. The third-order valence-electron chi connectivity index (χ3n) is 3.82. The van der Waals surface area contributed by atoms with E-state index in [4.69, 9.17) is 27.9 Å². The predicted octanol–water partition coefficient (Wildman–Crippen LogP) is 10.4. The summed E-state index contributed by atoms with van der Waals surface area (Å²) in [6.45, 7) is 0. The van der Waals surface area contributed by atoms with Crippen molar-refractivity contribution < 1.29 is 4.74 Å². The smallest absolute Gasteiger partial charge is 0.199 e. The van der Waals surface area contributed by atoms with Crippen LogP contribution < -0.4 is 0 Å². The maximum Gasteiger partial charge on any atom is 0.199 e. The van der Waals surface area contributed by atoms with Crippen LogP contribution in [0.2, 0.25) is 0 Å². The molecule has 2 aromatic carbocycles. The fraction of sp³-hybridized carbons (Fsp3) is 0.333. The SMILES string of the molecule is ClC(C(Br)(Br)OC(Br)(Br)C(Cl)C(Br)(Br)c1ccccc1)C(Br)(Br)c1ccccc1. The molecule has 2 aromatic rings. The molecule has 0 radical (unpaired) electrons. The minimum absolute atomic E-state index is 0.674. The number of rotatable bonds is 8. The van der Waals surface area contributed by atoms with Gasteiger partial charge in [-0.15, -0.1) is 23.2 Å². The van der Waals surface area contributed by atoms with E-state index in [1.54, 1.807) is 0 Å². The minimum Gasteiger partial charge on any atom is -0.323 e. The van der Waals surface area contributed by atoms with Gasteiger partial charge in [0.25, 0.3) is 0 Å². The quantitative estimate of drug-likeness (QED) is 0.240. The fourth-order valence-corrected chi connectivity index (χ4v) is 10.7. The van der Waals surface area contributed by atoms with Crippen LogP contribution in [0.5, 0.6) is 0 Å². The second-order valence-electron chi connectivity index (χ2n) is 5.93. The molecule has 0 spiro atoms. The van der Waals surface area contributed by atoms with E-state index in [2.05, 4.69) is 127 Å². The van der Waals surface area contributed by atoms with Crippen LogP contribution in [0.25, 0.3) is 0 Å². The summed E-state index contributed by atoms with van der Waals surface area (Å²) in [5, 5.41) is -1.35. The van der Waals surface area contributed by atoms with E-state index >= 15 is 0 Å².